The molecule has 0 spiro atoms. The van der Waals surface area contributed by atoms with E-state index >= 15 is 0 Å². The van der Waals surface area contributed by atoms with Gasteiger partial charge in [-0.1, -0.05) is 34.0 Å². The number of nitrogens with zero attached hydrogens (tertiary/aromatic N) is 1. The van der Waals surface area contributed by atoms with Gasteiger partial charge in [-0.05, 0) is 53.4 Å². The normalized spacial score (nSPS) is 23.9. The Morgan fingerprint density at radius 1 is 1.20 bits per heavy atom. The molecule has 2 heterocycles. The molecule has 0 saturated carbocycles. The second-order valence-electron chi connectivity index (χ2n) is 5.37. The molecule has 0 saturated heterocycles. The van der Waals surface area contributed by atoms with Crippen molar-refractivity contribution in [3.8, 4) is 0 Å². The fraction of sp³-hybridized carbons (Fsp3) is 0.250. The highest BCUT2D eigenvalue weighted by molar-refractivity contribution is 8.48. The summed E-state index contributed by atoms with van der Waals surface area (Å²) in [5.74, 6) is 0. The third kappa shape index (κ3) is 2.45. The molecule has 0 amide bonds. The van der Waals surface area contributed by atoms with Gasteiger partial charge in [-0.2, -0.15) is 0 Å². The number of rotatable bonds is 4. The Morgan fingerprint density at radius 2 is 2.00 bits per heavy atom. The molecular weight excluding hydrogens is 286 g/mol. The lowest BCUT2D eigenvalue weighted by Crippen LogP contribution is -1.90. The third-order valence-electron chi connectivity index (χ3n) is 3.65. The minimum atomic E-state index is -1.41. The molecule has 0 fully saturated rings. The average Bonchev–Trinajstić information content (AvgIpc) is 2.90. The van der Waals surface area contributed by atoms with Gasteiger partial charge >= 0.3 is 0 Å². The van der Waals surface area contributed by atoms with E-state index in [4.69, 9.17) is 0 Å². The lowest BCUT2D eigenvalue weighted by atomic mass is 10.0. The van der Waals surface area contributed by atoms with Crippen molar-refractivity contribution in [3.05, 3.63) is 67.1 Å². The Balaban J connectivity index is 1.80. The largest absolute Gasteiger partial charge is 0.139 e. The molecule has 4 heteroatoms. The summed E-state index contributed by atoms with van der Waals surface area (Å²) in [6.45, 7) is 4.28. The number of nitroso groups, excluding NO2 is 1. The van der Waals surface area contributed by atoms with Crippen LogP contribution < -0.4 is 0 Å². The predicted molar refractivity (Wildman–Crippen MR) is 90.3 cm³/mol. The van der Waals surface area contributed by atoms with Crippen LogP contribution in [0.2, 0.25) is 0 Å². The van der Waals surface area contributed by atoms with Gasteiger partial charge in [0.1, 0.15) is 0 Å². The van der Waals surface area contributed by atoms with E-state index in [1.54, 1.807) is 11.3 Å². The summed E-state index contributed by atoms with van der Waals surface area (Å²) >= 11 is 1.78. The first-order chi connectivity index (χ1) is 9.51. The Labute approximate surface area is 125 Å². The van der Waals surface area contributed by atoms with Crippen LogP contribution in [0.4, 0.5) is 0 Å². The maximum atomic E-state index is 10.8. The minimum Gasteiger partial charge on any atom is -0.139 e. The van der Waals surface area contributed by atoms with E-state index in [1.165, 1.54) is 26.4 Å². The molecule has 0 aliphatic carbocycles. The number of aryl methyl sites for hydroxylation is 2. The van der Waals surface area contributed by atoms with Gasteiger partial charge in [0.25, 0.3) is 0 Å². The molecular formula is C16H17NOS2. The van der Waals surface area contributed by atoms with Crippen LogP contribution in [-0.2, 0) is 6.42 Å². The first-order valence-electron chi connectivity index (χ1n) is 6.52. The summed E-state index contributed by atoms with van der Waals surface area (Å²) in [5.41, 5.74) is 4.02. The van der Waals surface area contributed by atoms with Gasteiger partial charge in [0.05, 0.1) is 0 Å². The number of thiophene rings is 1. The number of benzene rings is 1. The van der Waals surface area contributed by atoms with Crippen LogP contribution in [-0.4, -0.2) is 6.26 Å². The van der Waals surface area contributed by atoms with Crippen molar-refractivity contribution in [1.29, 1.82) is 0 Å². The molecule has 2 nitrogen and oxygen atoms in total. The Kier molecular flexibility index (Phi) is 3.30. The van der Waals surface area contributed by atoms with Gasteiger partial charge in [-0.15, -0.1) is 16.2 Å². The highest BCUT2D eigenvalue weighted by Crippen LogP contribution is 2.74. The Hall–Kier alpha value is -1.39. The molecule has 1 unspecified atom stereocenters. The van der Waals surface area contributed by atoms with Gasteiger partial charge in [0.15, 0.2) is 0 Å². The minimum absolute atomic E-state index is 0.964. The van der Waals surface area contributed by atoms with Crippen LogP contribution in [0.1, 0.15) is 26.4 Å². The van der Waals surface area contributed by atoms with E-state index in [-0.39, 0.29) is 0 Å². The summed E-state index contributed by atoms with van der Waals surface area (Å²) in [6, 6.07) is 10.9. The molecule has 1 aliphatic rings. The smallest absolute Gasteiger partial charge is 0.0420 e. The van der Waals surface area contributed by atoms with Crippen molar-refractivity contribution >= 4 is 26.5 Å². The summed E-state index contributed by atoms with van der Waals surface area (Å²) in [5, 5.41) is 2.02. The van der Waals surface area contributed by atoms with E-state index in [0.29, 0.717) is 0 Å². The van der Waals surface area contributed by atoms with Gasteiger partial charge in [0.2, 0.25) is 0 Å². The fourth-order valence-corrected chi connectivity index (χ4v) is 5.45. The highest BCUT2D eigenvalue weighted by Gasteiger charge is 2.37. The Bertz CT molecular complexity index is 717. The van der Waals surface area contributed by atoms with Crippen LogP contribution in [0.5, 0.6) is 0 Å². The molecule has 1 aromatic heterocycles. The van der Waals surface area contributed by atoms with E-state index in [0.717, 1.165) is 11.3 Å². The monoisotopic (exact) mass is 303 g/mol. The van der Waals surface area contributed by atoms with E-state index in [1.807, 2.05) is 11.7 Å². The first kappa shape index (κ1) is 13.6. The van der Waals surface area contributed by atoms with Crippen molar-refractivity contribution in [2.45, 2.75) is 20.3 Å². The summed E-state index contributed by atoms with van der Waals surface area (Å²) in [6.07, 6.45) is 2.91. The van der Waals surface area contributed by atoms with Crippen molar-refractivity contribution in [3.63, 3.8) is 0 Å². The van der Waals surface area contributed by atoms with E-state index in [2.05, 4.69) is 48.8 Å². The van der Waals surface area contributed by atoms with Crippen LogP contribution in [0.3, 0.4) is 0 Å². The molecule has 2 aromatic rings. The maximum Gasteiger partial charge on any atom is 0.0420 e. The molecule has 104 valence electrons. The molecule has 3 rings (SSSR count). The van der Waals surface area contributed by atoms with Crippen LogP contribution in [0.25, 0.3) is 4.91 Å². The molecule has 0 bridgehead atoms. The molecule has 1 aliphatic heterocycles. The molecule has 1 atom stereocenters. The van der Waals surface area contributed by atoms with Crippen molar-refractivity contribution in [1.82, 2.24) is 0 Å². The van der Waals surface area contributed by atoms with Crippen molar-refractivity contribution < 1.29 is 0 Å². The van der Waals surface area contributed by atoms with Crippen molar-refractivity contribution in [2.24, 2.45) is 4.58 Å². The van der Waals surface area contributed by atoms with Gasteiger partial charge in [-0.3, -0.25) is 0 Å². The predicted octanol–water partition coefficient (Wildman–Crippen LogP) is 5.38. The van der Waals surface area contributed by atoms with Crippen LogP contribution >= 0.6 is 21.6 Å². The standard InChI is InChI=1S/C16H17NOS2/c1-11-4-5-12(2)13(8-11)9-14-6-7-15(19-14)16-10-20(16,3)17-18/h4-8,10H,9H2,1-3H3. The summed E-state index contributed by atoms with van der Waals surface area (Å²) < 4.78 is 3.26. The average molecular weight is 303 g/mol. The SMILES string of the molecule is Cc1ccc(C)c(Cc2ccc(C3=CS3(C)N=O)s2)c1. The summed E-state index contributed by atoms with van der Waals surface area (Å²) in [4.78, 5) is 14.5. The van der Waals surface area contributed by atoms with E-state index < -0.39 is 10.2 Å². The molecule has 1 aromatic carbocycles. The van der Waals surface area contributed by atoms with Crippen LogP contribution in [0.15, 0.2) is 40.3 Å². The summed E-state index contributed by atoms with van der Waals surface area (Å²) in [7, 11) is -1.41. The fourth-order valence-electron chi connectivity index (χ4n) is 2.29. The zero-order chi connectivity index (χ0) is 14.3. The topological polar surface area (TPSA) is 29.4 Å². The Morgan fingerprint density at radius 3 is 2.70 bits per heavy atom. The lowest BCUT2D eigenvalue weighted by molar-refractivity contribution is 1.18. The van der Waals surface area contributed by atoms with Gasteiger partial charge in [-0.25, -0.2) is 0 Å². The van der Waals surface area contributed by atoms with E-state index in [9.17, 15) is 4.91 Å². The number of hydrogen-bond acceptors (Lipinski definition) is 3. The van der Waals surface area contributed by atoms with Gasteiger partial charge in [0, 0.05) is 21.1 Å². The lowest BCUT2D eigenvalue weighted by Gasteiger charge is -2.06. The van der Waals surface area contributed by atoms with Crippen molar-refractivity contribution in [2.75, 3.05) is 6.26 Å². The molecule has 20 heavy (non-hydrogen) atoms. The quantitative estimate of drug-likeness (QED) is 0.697. The number of hydrogen-bond donors (Lipinski definition) is 0. The third-order valence-corrected chi connectivity index (χ3v) is 6.88. The maximum absolute atomic E-state index is 10.8. The zero-order valence-electron chi connectivity index (χ0n) is 11.8. The van der Waals surface area contributed by atoms with Crippen LogP contribution in [0, 0.1) is 18.8 Å². The second-order valence-corrected chi connectivity index (χ2v) is 9.23. The molecule has 0 radical (unpaired) electrons. The second kappa shape index (κ2) is 4.86. The highest BCUT2D eigenvalue weighted by atomic mass is 32.3. The molecule has 0 N–H and O–H groups in total. The zero-order valence-corrected chi connectivity index (χ0v) is 13.5. The van der Waals surface area contributed by atoms with Gasteiger partial charge < -0.3 is 0 Å². The first-order valence-corrected chi connectivity index (χ1v) is 9.39.